The molecule has 1 rings (SSSR count). The van der Waals surface area contributed by atoms with Crippen LogP contribution < -0.4 is 11.5 Å². The molecule has 68 valence electrons. The number of benzene rings is 1. The van der Waals surface area contributed by atoms with Gasteiger partial charge in [0.2, 0.25) is 0 Å². The SMILES string of the molecule is N#CCC(N)c1c(N)cccc1F. The monoisotopic (exact) mass is 179 g/mol. The van der Waals surface area contributed by atoms with Gasteiger partial charge in [-0.25, -0.2) is 4.39 Å². The molecule has 0 radical (unpaired) electrons. The van der Waals surface area contributed by atoms with Crippen LogP contribution in [0.4, 0.5) is 10.1 Å². The van der Waals surface area contributed by atoms with E-state index in [9.17, 15) is 4.39 Å². The standard InChI is InChI=1S/C9H10FN3/c10-6-2-1-3-7(12)9(6)8(13)4-5-11/h1-3,8H,4,12-13H2. The molecule has 0 bridgehead atoms. The zero-order chi connectivity index (χ0) is 9.84. The van der Waals surface area contributed by atoms with Crippen molar-refractivity contribution in [3.63, 3.8) is 0 Å². The summed E-state index contributed by atoms with van der Waals surface area (Å²) >= 11 is 0. The first-order chi connectivity index (χ1) is 6.16. The first kappa shape index (κ1) is 9.49. The Morgan fingerprint density at radius 1 is 1.54 bits per heavy atom. The van der Waals surface area contributed by atoms with E-state index in [1.165, 1.54) is 12.1 Å². The van der Waals surface area contributed by atoms with Gasteiger partial charge in [0.1, 0.15) is 5.82 Å². The van der Waals surface area contributed by atoms with Gasteiger partial charge in [0.05, 0.1) is 12.5 Å². The number of nitrogens with two attached hydrogens (primary N) is 2. The number of halogens is 1. The van der Waals surface area contributed by atoms with Gasteiger partial charge in [0.25, 0.3) is 0 Å². The Morgan fingerprint density at radius 2 is 2.23 bits per heavy atom. The van der Waals surface area contributed by atoms with E-state index in [-0.39, 0.29) is 12.0 Å². The first-order valence-corrected chi connectivity index (χ1v) is 3.83. The van der Waals surface area contributed by atoms with Crippen molar-refractivity contribution in [3.05, 3.63) is 29.6 Å². The molecule has 0 aromatic heterocycles. The molecule has 0 saturated carbocycles. The molecular formula is C9H10FN3. The molecule has 4 heteroatoms. The lowest BCUT2D eigenvalue weighted by atomic mass is 10.0. The highest BCUT2D eigenvalue weighted by Crippen LogP contribution is 2.23. The van der Waals surface area contributed by atoms with Gasteiger partial charge in [0, 0.05) is 17.3 Å². The van der Waals surface area contributed by atoms with Crippen molar-refractivity contribution in [2.45, 2.75) is 12.5 Å². The van der Waals surface area contributed by atoms with Crippen molar-refractivity contribution < 1.29 is 4.39 Å². The Morgan fingerprint density at radius 3 is 2.77 bits per heavy atom. The first-order valence-electron chi connectivity index (χ1n) is 3.83. The van der Waals surface area contributed by atoms with Gasteiger partial charge < -0.3 is 11.5 Å². The number of nitriles is 1. The number of hydrogen-bond donors (Lipinski definition) is 2. The van der Waals surface area contributed by atoms with Crippen molar-refractivity contribution >= 4 is 5.69 Å². The van der Waals surface area contributed by atoms with Crippen LogP contribution in [0.5, 0.6) is 0 Å². The highest BCUT2D eigenvalue weighted by molar-refractivity contribution is 5.49. The van der Waals surface area contributed by atoms with E-state index >= 15 is 0 Å². The predicted molar refractivity (Wildman–Crippen MR) is 48.0 cm³/mol. The third-order valence-electron chi connectivity index (χ3n) is 1.77. The van der Waals surface area contributed by atoms with Crippen molar-refractivity contribution in [1.29, 1.82) is 5.26 Å². The molecule has 1 aromatic rings. The van der Waals surface area contributed by atoms with Gasteiger partial charge in [-0.2, -0.15) is 5.26 Å². The van der Waals surface area contributed by atoms with Crippen LogP contribution in [0, 0.1) is 17.1 Å². The van der Waals surface area contributed by atoms with Crippen LogP contribution in [0.3, 0.4) is 0 Å². The van der Waals surface area contributed by atoms with E-state index in [1.54, 1.807) is 6.07 Å². The number of hydrogen-bond acceptors (Lipinski definition) is 3. The van der Waals surface area contributed by atoms with Gasteiger partial charge >= 0.3 is 0 Å². The molecule has 0 aliphatic heterocycles. The Kier molecular flexibility index (Phi) is 2.83. The zero-order valence-corrected chi connectivity index (χ0v) is 7.00. The summed E-state index contributed by atoms with van der Waals surface area (Å²) in [6.07, 6.45) is 0.0606. The van der Waals surface area contributed by atoms with Crippen LogP contribution in [0.2, 0.25) is 0 Å². The summed E-state index contributed by atoms with van der Waals surface area (Å²) in [6.45, 7) is 0. The quantitative estimate of drug-likeness (QED) is 0.672. The lowest BCUT2D eigenvalue weighted by Crippen LogP contribution is -2.13. The van der Waals surface area contributed by atoms with Crippen LogP contribution in [0.15, 0.2) is 18.2 Å². The summed E-state index contributed by atoms with van der Waals surface area (Å²) in [5, 5.41) is 8.39. The number of nitrogens with zero attached hydrogens (tertiary/aromatic N) is 1. The van der Waals surface area contributed by atoms with Gasteiger partial charge in [-0.1, -0.05) is 6.07 Å². The maximum atomic E-state index is 13.2. The molecular weight excluding hydrogens is 169 g/mol. The minimum Gasteiger partial charge on any atom is -0.398 e. The largest absolute Gasteiger partial charge is 0.398 e. The number of rotatable bonds is 2. The van der Waals surface area contributed by atoms with Crippen LogP contribution in [-0.2, 0) is 0 Å². The van der Waals surface area contributed by atoms with Crippen LogP contribution in [0.1, 0.15) is 18.0 Å². The van der Waals surface area contributed by atoms with Gasteiger partial charge in [0.15, 0.2) is 0 Å². The van der Waals surface area contributed by atoms with Gasteiger partial charge in [-0.05, 0) is 12.1 Å². The second kappa shape index (κ2) is 3.87. The fraction of sp³-hybridized carbons (Fsp3) is 0.222. The molecule has 0 saturated heterocycles. The highest BCUT2D eigenvalue weighted by atomic mass is 19.1. The van der Waals surface area contributed by atoms with Crippen LogP contribution in [-0.4, -0.2) is 0 Å². The van der Waals surface area contributed by atoms with E-state index in [1.807, 2.05) is 6.07 Å². The number of anilines is 1. The average molecular weight is 179 g/mol. The van der Waals surface area contributed by atoms with Gasteiger partial charge in [-0.3, -0.25) is 0 Å². The molecule has 1 atom stereocenters. The third kappa shape index (κ3) is 1.95. The van der Waals surface area contributed by atoms with E-state index in [4.69, 9.17) is 16.7 Å². The zero-order valence-electron chi connectivity index (χ0n) is 7.00. The fourth-order valence-corrected chi connectivity index (χ4v) is 1.15. The summed E-state index contributed by atoms with van der Waals surface area (Å²) in [5.41, 5.74) is 11.6. The highest BCUT2D eigenvalue weighted by Gasteiger charge is 2.13. The molecule has 0 amide bonds. The maximum Gasteiger partial charge on any atom is 0.130 e. The second-order valence-electron chi connectivity index (χ2n) is 2.71. The lowest BCUT2D eigenvalue weighted by molar-refractivity contribution is 0.586. The summed E-state index contributed by atoms with van der Waals surface area (Å²) in [7, 11) is 0. The molecule has 13 heavy (non-hydrogen) atoms. The predicted octanol–water partition coefficient (Wildman–Crippen LogP) is 1.32. The van der Waals surface area contributed by atoms with Crippen molar-refractivity contribution in [1.82, 2.24) is 0 Å². The molecule has 0 aliphatic carbocycles. The minimum absolute atomic E-state index is 0.0606. The summed E-state index contributed by atoms with van der Waals surface area (Å²) in [5.74, 6) is -0.456. The number of nitrogen functional groups attached to an aromatic ring is 1. The molecule has 0 heterocycles. The molecule has 3 nitrogen and oxygen atoms in total. The Hall–Kier alpha value is -1.60. The molecule has 0 spiro atoms. The minimum atomic E-state index is -0.647. The normalized spacial score (nSPS) is 12.1. The molecule has 1 aromatic carbocycles. The third-order valence-corrected chi connectivity index (χ3v) is 1.77. The van der Waals surface area contributed by atoms with Crippen LogP contribution >= 0.6 is 0 Å². The molecule has 4 N–H and O–H groups in total. The lowest BCUT2D eigenvalue weighted by Gasteiger charge is -2.11. The fourth-order valence-electron chi connectivity index (χ4n) is 1.15. The molecule has 0 aliphatic rings. The van der Waals surface area contributed by atoms with Gasteiger partial charge in [-0.15, -0.1) is 0 Å². The Labute approximate surface area is 75.8 Å². The molecule has 0 fully saturated rings. The van der Waals surface area contributed by atoms with E-state index in [0.717, 1.165) is 0 Å². The second-order valence-corrected chi connectivity index (χ2v) is 2.71. The summed E-state index contributed by atoms with van der Waals surface area (Å²) in [4.78, 5) is 0. The Bertz CT molecular complexity index is 323. The van der Waals surface area contributed by atoms with Crippen molar-refractivity contribution in [3.8, 4) is 6.07 Å². The van der Waals surface area contributed by atoms with Crippen molar-refractivity contribution in [2.24, 2.45) is 5.73 Å². The van der Waals surface area contributed by atoms with Crippen LogP contribution in [0.25, 0.3) is 0 Å². The summed E-state index contributed by atoms with van der Waals surface area (Å²) in [6, 6.07) is 5.58. The van der Waals surface area contributed by atoms with E-state index in [2.05, 4.69) is 0 Å². The van der Waals surface area contributed by atoms with E-state index in [0.29, 0.717) is 5.69 Å². The Balaban J connectivity index is 3.06. The topological polar surface area (TPSA) is 75.8 Å². The summed E-state index contributed by atoms with van der Waals surface area (Å²) < 4.78 is 13.2. The molecule has 1 unspecified atom stereocenters. The van der Waals surface area contributed by atoms with E-state index < -0.39 is 11.9 Å². The maximum absolute atomic E-state index is 13.2. The average Bonchev–Trinajstić information content (AvgIpc) is 2.04. The smallest absolute Gasteiger partial charge is 0.130 e. The van der Waals surface area contributed by atoms with Crippen molar-refractivity contribution in [2.75, 3.05) is 5.73 Å².